The molecule has 7 nitrogen and oxygen atoms in total. The fourth-order valence-corrected chi connectivity index (χ4v) is 3.92. The summed E-state index contributed by atoms with van der Waals surface area (Å²) in [4.78, 5) is 26.3. The Morgan fingerprint density at radius 3 is 2.45 bits per heavy atom. The highest BCUT2D eigenvalue weighted by molar-refractivity contribution is 7.90. The second kappa shape index (κ2) is 7.87. The van der Waals surface area contributed by atoms with Crippen molar-refractivity contribution in [3.63, 3.8) is 0 Å². The molecule has 29 heavy (non-hydrogen) atoms. The largest absolute Gasteiger partial charge is 0.490 e. The van der Waals surface area contributed by atoms with E-state index in [1.165, 1.54) is 25.1 Å². The van der Waals surface area contributed by atoms with E-state index in [9.17, 15) is 18.0 Å². The van der Waals surface area contributed by atoms with E-state index in [1.807, 2.05) is 13.8 Å². The Hall–Kier alpha value is -2.87. The van der Waals surface area contributed by atoms with Crippen LogP contribution in [0.15, 0.2) is 41.3 Å². The van der Waals surface area contributed by atoms with Gasteiger partial charge in [-0.1, -0.05) is 6.07 Å². The number of nitrogens with zero attached hydrogens (tertiary/aromatic N) is 1. The Morgan fingerprint density at radius 1 is 1.10 bits per heavy atom. The SMILES string of the molecule is CC(=O)Oc1cccc2c1CCN2C(=O)c1cc(S(C)(=O)=O)ccc1OC(C)C. The smallest absolute Gasteiger partial charge is 0.308 e. The first-order valence-corrected chi connectivity index (χ1v) is 11.1. The molecule has 1 aliphatic heterocycles. The van der Waals surface area contributed by atoms with Gasteiger partial charge in [-0.15, -0.1) is 0 Å². The van der Waals surface area contributed by atoms with Gasteiger partial charge in [0.05, 0.1) is 22.3 Å². The molecule has 0 saturated carbocycles. The fourth-order valence-electron chi connectivity index (χ4n) is 3.27. The van der Waals surface area contributed by atoms with Crippen LogP contribution in [0.2, 0.25) is 0 Å². The first kappa shape index (κ1) is 20.9. The van der Waals surface area contributed by atoms with Crippen molar-refractivity contribution in [3.8, 4) is 11.5 Å². The molecule has 0 aliphatic carbocycles. The number of amides is 1. The number of carbonyl (C=O) groups excluding carboxylic acids is 2. The minimum Gasteiger partial charge on any atom is -0.490 e. The number of hydrogen-bond donors (Lipinski definition) is 0. The number of hydrogen-bond acceptors (Lipinski definition) is 6. The lowest BCUT2D eigenvalue weighted by atomic mass is 10.1. The summed E-state index contributed by atoms with van der Waals surface area (Å²) in [5, 5.41) is 0. The first-order valence-electron chi connectivity index (χ1n) is 9.21. The third kappa shape index (κ3) is 4.42. The van der Waals surface area contributed by atoms with Crippen LogP contribution in [-0.4, -0.2) is 39.2 Å². The van der Waals surface area contributed by atoms with Crippen molar-refractivity contribution in [1.82, 2.24) is 0 Å². The van der Waals surface area contributed by atoms with Crippen molar-refractivity contribution in [1.29, 1.82) is 0 Å². The van der Waals surface area contributed by atoms with Crippen LogP contribution in [0, 0.1) is 0 Å². The van der Waals surface area contributed by atoms with Crippen molar-refractivity contribution < 1.29 is 27.5 Å². The van der Waals surface area contributed by atoms with E-state index < -0.39 is 15.8 Å². The third-order valence-electron chi connectivity index (χ3n) is 4.46. The van der Waals surface area contributed by atoms with Crippen LogP contribution >= 0.6 is 0 Å². The Morgan fingerprint density at radius 2 is 1.83 bits per heavy atom. The molecule has 0 bridgehead atoms. The number of anilines is 1. The highest BCUT2D eigenvalue weighted by Gasteiger charge is 2.30. The van der Waals surface area contributed by atoms with Gasteiger partial charge in [0.15, 0.2) is 9.84 Å². The first-order chi connectivity index (χ1) is 13.6. The molecule has 0 spiro atoms. The second-order valence-electron chi connectivity index (χ2n) is 7.15. The molecular formula is C21H23NO6S. The molecular weight excluding hydrogens is 394 g/mol. The fraction of sp³-hybridized carbons (Fsp3) is 0.333. The lowest BCUT2D eigenvalue weighted by Crippen LogP contribution is -2.29. The van der Waals surface area contributed by atoms with Crippen LogP contribution in [0.25, 0.3) is 0 Å². The number of rotatable bonds is 5. The number of esters is 1. The molecule has 0 radical (unpaired) electrons. The Bertz CT molecular complexity index is 1070. The minimum absolute atomic E-state index is 0.0463. The third-order valence-corrected chi connectivity index (χ3v) is 5.57. The summed E-state index contributed by atoms with van der Waals surface area (Å²) in [7, 11) is -3.49. The lowest BCUT2D eigenvalue weighted by Gasteiger charge is -2.21. The number of sulfone groups is 1. The molecule has 8 heteroatoms. The van der Waals surface area contributed by atoms with Crippen LogP contribution in [0.5, 0.6) is 11.5 Å². The molecule has 0 N–H and O–H groups in total. The zero-order chi connectivity index (χ0) is 21.3. The summed E-state index contributed by atoms with van der Waals surface area (Å²) < 4.78 is 35.0. The van der Waals surface area contributed by atoms with Crippen LogP contribution in [-0.2, 0) is 21.1 Å². The van der Waals surface area contributed by atoms with Crippen molar-refractivity contribution in [2.75, 3.05) is 17.7 Å². The number of benzene rings is 2. The van der Waals surface area contributed by atoms with E-state index in [1.54, 1.807) is 23.1 Å². The Kier molecular flexibility index (Phi) is 5.66. The molecule has 3 rings (SSSR count). The van der Waals surface area contributed by atoms with Crippen molar-refractivity contribution in [3.05, 3.63) is 47.5 Å². The highest BCUT2D eigenvalue weighted by Crippen LogP contribution is 2.37. The second-order valence-corrected chi connectivity index (χ2v) is 9.17. The van der Waals surface area contributed by atoms with Gasteiger partial charge in [-0.25, -0.2) is 8.42 Å². The maximum atomic E-state index is 13.4. The molecule has 1 amide bonds. The van der Waals surface area contributed by atoms with E-state index >= 15 is 0 Å². The molecule has 0 unspecified atom stereocenters. The normalized spacial score (nSPS) is 13.3. The predicted molar refractivity (Wildman–Crippen MR) is 108 cm³/mol. The molecule has 0 saturated heterocycles. The summed E-state index contributed by atoms with van der Waals surface area (Å²) >= 11 is 0. The van der Waals surface area contributed by atoms with Crippen LogP contribution in [0.3, 0.4) is 0 Å². The van der Waals surface area contributed by atoms with E-state index in [0.717, 1.165) is 11.8 Å². The van der Waals surface area contributed by atoms with Crippen LogP contribution in [0.4, 0.5) is 5.69 Å². The number of carbonyl (C=O) groups is 2. The van der Waals surface area contributed by atoms with Gasteiger partial charge in [0, 0.05) is 25.3 Å². The standard InChI is InChI=1S/C21H23NO6S/c1-13(2)27-20-9-8-15(29(4,25)26)12-17(20)21(24)22-11-10-16-18(22)6-5-7-19(16)28-14(3)23/h5-9,12-13H,10-11H2,1-4H3. The molecule has 1 aliphatic rings. The number of fused-ring (bicyclic) bond motifs is 1. The van der Waals surface area contributed by atoms with E-state index in [0.29, 0.717) is 30.2 Å². The zero-order valence-electron chi connectivity index (χ0n) is 16.8. The quantitative estimate of drug-likeness (QED) is 0.549. The van der Waals surface area contributed by atoms with Gasteiger partial charge in [-0.2, -0.15) is 0 Å². The molecule has 0 fully saturated rings. The van der Waals surface area contributed by atoms with Gasteiger partial charge in [0.1, 0.15) is 11.5 Å². The monoisotopic (exact) mass is 417 g/mol. The van der Waals surface area contributed by atoms with Gasteiger partial charge < -0.3 is 14.4 Å². The summed E-state index contributed by atoms with van der Waals surface area (Å²) in [5.74, 6) is -0.0580. The predicted octanol–water partition coefficient (Wildman–Crippen LogP) is 3.01. The van der Waals surface area contributed by atoms with Gasteiger partial charge in [0.25, 0.3) is 5.91 Å². The zero-order valence-corrected chi connectivity index (χ0v) is 17.6. The maximum Gasteiger partial charge on any atom is 0.308 e. The van der Waals surface area contributed by atoms with Gasteiger partial charge in [0.2, 0.25) is 0 Å². The lowest BCUT2D eigenvalue weighted by molar-refractivity contribution is -0.131. The molecule has 1 heterocycles. The average molecular weight is 417 g/mol. The summed E-state index contributed by atoms with van der Waals surface area (Å²) in [6, 6.07) is 9.46. The molecule has 154 valence electrons. The molecule has 2 aromatic rings. The van der Waals surface area contributed by atoms with Crippen molar-refractivity contribution in [2.24, 2.45) is 0 Å². The van der Waals surface area contributed by atoms with Gasteiger partial charge >= 0.3 is 5.97 Å². The number of ether oxygens (including phenoxy) is 2. The van der Waals surface area contributed by atoms with Crippen molar-refractivity contribution >= 4 is 27.4 Å². The Balaban J connectivity index is 2.05. The molecule has 2 aromatic carbocycles. The minimum atomic E-state index is -3.49. The summed E-state index contributed by atoms with van der Waals surface area (Å²) in [6.07, 6.45) is 1.43. The average Bonchev–Trinajstić information content (AvgIpc) is 3.04. The van der Waals surface area contributed by atoms with E-state index in [4.69, 9.17) is 9.47 Å². The summed E-state index contributed by atoms with van der Waals surface area (Å²) in [5.41, 5.74) is 1.57. The summed E-state index contributed by atoms with van der Waals surface area (Å²) in [6.45, 7) is 5.37. The Labute approximate surface area is 170 Å². The van der Waals surface area contributed by atoms with Crippen LogP contribution < -0.4 is 14.4 Å². The molecule has 0 atom stereocenters. The van der Waals surface area contributed by atoms with Crippen LogP contribution in [0.1, 0.15) is 36.7 Å². The van der Waals surface area contributed by atoms with Crippen molar-refractivity contribution in [2.45, 2.75) is 38.2 Å². The van der Waals surface area contributed by atoms with Gasteiger partial charge in [-0.3, -0.25) is 9.59 Å². The maximum absolute atomic E-state index is 13.4. The molecule has 0 aromatic heterocycles. The topological polar surface area (TPSA) is 90.0 Å². The van der Waals surface area contributed by atoms with Gasteiger partial charge in [-0.05, 0) is 50.6 Å². The highest BCUT2D eigenvalue weighted by atomic mass is 32.2. The van der Waals surface area contributed by atoms with E-state index in [2.05, 4.69) is 0 Å². The van der Waals surface area contributed by atoms with E-state index in [-0.39, 0.29) is 22.5 Å².